The van der Waals surface area contributed by atoms with Gasteiger partial charge in [-0.1, -0.05) is 6.07 Å². The molecule has 1 atom stereocenters. The Balaban J connectivity index is 1.62. The van der Waals surface area contributed by atoms with Gasteiger partial charge in [0.15, 0.2) is 0 Å². The number of rotatable bonds is 7. The van der Waals surface area contributed by atoms with E-state index in [1.165, 1.54) is 0 Å². The van der Waals surface area contributed by atoms with Crippen molar-refractivity contribution >= 4 is 11.8 Å². The fourth-order valence-electron chi connectivity index (χ4n) is 3.35. The fourth-order valence-corrected chi connectivity index (χ4v) is 3.35. The van der Waals surface area contributed by atoms with Gasteiger partial charge in [-0.2, -0.15) is 0 Å². The molecule has 6 heteroatoms. The monoisotopic (exact) mass is 359 g/mol. The lowest BCUT2D eigenvalue weighted by Crippen LogP contribution is -2.50. The average Bonchev–Trinajstić information content (AvgIpc) is 3.47. The maximum atomic E-state index is 12.8. The number of nitrogens with one attached hydrogen (secondary N) is 1. The van der Waals surface area contributed by atoms with Crippen LogP contribution in [0.25, 0.3) is 0 Å². The van der Waals surface area contributed by atoms with E-state index in [2.05, 4.69) is 5.32 Å². The minimum atomic E-state index is -0.140. The highest BCUT2D eigenvalue weighted by Gasteiger charge is 2.35. The number of aryl methyl sites for hydroxylation is 1. The van der Waals surface area contributed by atoms with E-state index < -0.39 is 0 Å². The zero-order valence-corrected chi connectivity index (χ0v) is 15.5. The summed E-state index contributed by atoms with van der Waals surface area (Å²) in [7, 11) is 0. The van der Waals surface area contributed by atoms with E-state index in [0.717, 1.165) is 44.2 Å². The van der Waals surface area contributed by atoms with Gasteiger partial charge in [0, 0.05) is 25.0 Å². The van der Waals surface area contributed by atoms with Crippen molar-refractivity contribution in [2.45, 2.75) is 45.1 Å². The van der Waals surface area contributed by atoms with Crippen molar-refractivity contribution < 1.29 is 14.3 Å². The SMILES string of the molecule is Cc1ccc(C(=O)NC2CCCN(C(=O)C3CC3)C2)c(OCCCN)c1. The normalized spacial score (nSPS) is 19.9. The Morgan fingerprint density at radius 3 is 2.85 bits per heavy atom. The highest BCUT2D eigenvalue weighted by molar-refractivity contribution is 5.97. The van der Waals surface area contributed by atoms with E-state index in [1.807, 2.05) is 24.0 Å². The van der Waals surface area contributed by atoms with Gasteiger partial charge in [0.25, 0.3) is 5.91 Å². The fraction of sp³-hybridized carbons (Fsp3) is 0.600. The zero-order chi connectivity index (χ0) is 18.5. The number of carbonyl (C=O) groups is 2. The number of likely N-dealkylation sites (tertiary alicyclic amines) is 1. The molecule has 1 saturated heterocycles. The number of piperidine rings is 1. The molecule has 0 radical (unpaired) electrons. The standard InChI is InChI=1S/C20H29N3O3/c1-14-5-8-17(18(12-14)26-11-3-9-21)19(24)22-16-4-2-10-23(13-16)20(25)15-6-7-15/h5,8,12,15-16H,2-4,6-7,9-11,13,21H2,1H3,(H,22,24). The summed E-state index contributed by atoms with van der Waals surface area (Å²) in [5.41, 5.74) is 7.10. The molecule has 1 aliphatic carbocycles. The number of amides is 2. The van der Waals surface area contributed by atoms with Crippen LogP contribution in [0.5, 0.6) is 5.75 Å². The van der Waals surface area contributed by atoms with Gasteiger partial charge in [0.1, 0.15) is 5.75 Å². The highest BCUT2D eigenvalue weighted by Crippen LogP contribution is 2.32. The summed E-state index contributed by atoms with van der Waals surface area (Å²) in [6.45, 7) is 4.43. The van der Waals surface area contributed by atoms with E-state index in [-0.39, 0.29) is 23.8 Å². The van der Waals surface area contributed by atoms with Gasteiger partial charge in [0.2, 0.25) is 5.91 Å². The van der Waals surface area contributed by atoms with Gasteiger partial charge < -0.3 is 20.7 Å². The molecule has 1 aliphatic heterocycles. The lowest BCUT2D eigenvalue weighted by molar-refractivity contribution is -0.133. The minimum absolute atomic E-state index is 0.00264. The number of hydrogen-bond acceptors (Lipinski definition) is 4. The summed E-state index contributed by atoms with van der Waals surface area (Å²) in [4.78, 5) is 27.0. The summed E-state index contributed by atoms with van der Waals surface area (Å²) in [6, 6.07) is 5.60. The van der Waals surface area contributed by atoms with Crippen molar-refractivity contribution in [1.29, 1.82) is 0 Å². The molecule has 3 N–H and O–H groups in total. The molecule has 2 aliphatic rings. The van der Waals surface area contributed by atoms with Crippen molar-refractivity contribution in [1.82, 2.24) is 10.2 Å². The minimum Gasteiger partial charge on any atom is -0.493 e. The van der Waals surface area contributed by atoms with E-state index in [9.17, 15) is 9.59 Å². The third-order valence-corrected chi connectivity index (χ3v) is 4.98. The Morgan fingerprint density at radius 1 is 1.31 bits per heavy atom. The summed E-state index contributed by atoms with van der Waals surface area (Å²) in [6.07, 6.45) is 4.60. The molecule has 142 valence electrons. The van der Waals surface area contributed by atoms with Gasteiger partial charge >= 0.3 is 0 Å². The molecular formula is C20H29N3O3. The van der Waals surface area contributed by atoms with E-state index in [0.29, 0.717) is 31.0 Å². The summed E-state index contributed by atoms with van der Waals surface area (Å²) >= 11 is 0. The molecule has 3 rings (SSSR count). The number of benzene rings is 1. The molecule has 2 amide bonds. The molecule has 1 unspecified atom stereocenters. The molecule has 1 aromatic carbocycles. The maximum absolute atomic E-state index is 12.8. The zero-order valence-electron chi connectivity index (χ0n) is 15.5. The quantitative estimate of drug-likeness (QED) is 0.728. The van der Waals surface area contributed by atoms with Crippen molar-refractivity contribution in [3.05, 3.63) is 29.3 Å². The summed E-state index contributed by atoms with van der Waals surface area (Å²) in [5.74, 6) is 0.935. The van der Waals surface area contributed by atoms with Crippen LogP contribution in [-0.2, 0) is 4.79 Å². The third kappa shape index (κ3) is 4.75. The van der Waals surface area contributed by atoms with Crippen LogP contribution in [0.1, 0.15) is 48.0 Å². The third-order valence-electron chi connectivity index (χ3n) is 4.98. The second kappa shape index (κ2) is 8.54. The van der Waals surface area contributed by atoms with Crippen LogP contribution >= 0.6 is 0 Å². The van der Waals surface area contributed by atoms with Crippen molar-refractivity contribution in [2.24, 2.45) is 11.7 Å². The van der Waals surface area contributed by atoms with Crippen LogP contribution in [0.3, 0.4) is 0 Å². The van der Waals surface area contributed by atoms with E-state index in [4.69, 9.17) is 10.5 Å². The van der Waals surface area contributed by atoms with Crippen LogP contribution in [0, 0.1) is 12.8 Å². The Morgan fingerprint density at radius 2 is 2.12 bits per heavy atom. The first-order valence-electron chi connectivity index (χ1n) is 9.61. The van der Waals surface area contributed by atoms with Crippen molar-refractivity contribution in [3.63, 3.8) is 0 Å². The van der Waals surface area contributed by atoms with Gasteiger partial charge in [-0.3, -0.25) is 9.59 Å². The van der Waals surface area contributed by atoms with Crippen LogP contribution in [0.4, 0.5) is 0 Å². The number of ether oxygens (including phenoxy) is 1. The predicted molar refractivity (Wildman–Crippen MR) is 100 cm³/mol. The largest absolute Gasteiger partial charge is 0.493 e. The Labute approximate surface area is 155 Å². The van der Waals surface area contributed by atoms with Crippen molar-refractivity contribution in [2.75, 3.05) is 26.2 Å². The smallest absolute Gasteiger partial charge is 0.255 e. The molecule has 0 aromatic heterocycles. The van der Waals surface area contributed by atoms with Gasteiger partial charge in [-0.15, -0.1) is 0 Å². The number of carbonyl (C=O) groups excluding carboxylic acids is 2. The first-order valence-corrected chi connectivity index (χ1v) is 9.61. The van der Waals surface area contributed by atoms with Crippen molar-refractivity contribution in [3.8, 4) is 5.75 Å². The number of nitrogens with zero attached hydrogens (tertiary/aromatic N) is 1. The van der Waals surface area contributed by atoms with Crippen LogP contribution in [-0.4, -0.2) is 49.0 Å². The summed E-state index contributed by atoms with van der Waals surface area (Å²) < 4.78 is 5.76. The molecule has 0 spiro atoms. The topological polar surface area (TPSA) is 84.7 Å². The summed E-state index contributed by atoms with van der Waals surface area (Å²) in [5, 5.41) is 3.09. The van der Waals surface area contributed by atoms with E-state index in [1.54, 1.807) is 6.07 Å². The Kier molecular flexibility index (Phi) is 6.14. The average molecular weight is 359 g/mol. The van der Waals surface area contributed by atoms with Gasteiger partial charge in [-0.05, 0) is 63.3 Å². The predicted octanol–water partition coefficient (Wildman–Crippen LogP) is 1.85. The molecule has 26 heavy (non-hydrogen) atoms. The molecule has 1 saturated carbocycles. The lowest BCUT2D eigenvalue weighted by Gasteiger charge is -2.33. The second-order valence-electron chi connectivity index (χ2n) is 7.36. The number of hydrogen-bond donors (Lipinski definition) is 2. The first kappa shape index (κ1) is 18.7. The Bertz CT molecular complexity index is 658. The lowest BCUT2D eigenvalue weighted by atomic mass is 10.0. The first-order chi connectivity index (χ1) is 12.6. The molecule has 0 bridgehead atoms. The van der Waals surface area contributed by atoms with Crippen LogP contribution in [0.15, 0.2) is 18.2 Å². The molecule has 1 heterocycles. The van der Waals surface area contributed by atoms with Gasteiger partial charge in [0.05, 0.1) is 12.2 Å². The molecule has 1 aromatic rings. The molecule has 2 fully saturated rings. The molecule has 6 nitrogen and oxygen atoms in total. The number of nitrogens with two attached hydrogens (primary N) is 1. The Hall–Kier alpha value is -2.08. The maximum Gasteiger partial charge on any atom is 0.255 e. The molecular weight excluding hydrogens is 330 g/mol. The van der Waals surface area contributed by atoms with Crippen LogP contribution < -0.4 is 15.8 Å². The van der Waals surface area contributed by atoms with Crippen LogP contribution in [0.2, 0.25) is 0 Å². The highest BCUT2D eigenvalue weighted by atomic mass is 16.5. The van der Waals surface area contributed by atoms with E-state index >= 15 is 0 Å². The second-order valence-corrected chi connectivity index (χ2v) is 7.36. The van der Waals surface area contributed by atoms with Gasteiger partial charge in [-0.25, -0.2) is 0 Å².